The molecule has 0 spiro atoms. The van der Waals surface area contributed by atoms with E-state index in [2.05, 4.69) is 48.5 Å². The van der Waals surface area contributed by atoms with Crippen LogP contribution in [0.5, 0.6) is 0 Å². The molecule has 0 heterocycles. The molecule has 56 heavy (non-hydrogen) atoms. The van der Waals surface area contributed by atoms with Crippen LogP contribution in [0, 0.1) is 73.4 Å². The maximum absolute atomic E-state index is 13.6. The highest BCUT2D eigenvalue weighted by molar-refractivity contribution is 5.74. The van der Waals surface area contributed by atoms with Crippen LogP contribution in [-0.4, -0.2) is 46.8 Å². The Kier molecular flexibility index (Phi) is 11.1. The number of carbonyl (C=O) groups excluding carboxylic acids is 2. The van der Waals surface area contributed by atoms with E-state index in [1.165, 1.54) is 25.7 Å². The normalized spacial score (nSPS) is 41.9. The van der Waals surface area contributed by atoms with Crippen LogP contribution >= 0.6 is 0 Å². The summed E-state index contributed by atoms with van der Waals surface area (Å²) in [4.78, 5) is 50.7. The third-order valence-electron chi connectivity index (χ3n) is 19.7. The lowest BCUT2D eigenvalue weighted by molar-refractivity contribution is -0.254. The summed E-state index contributed by atoms with van der Waals surface area (Å²) in [7, 11) is 0. The number of carboxylic acid groups (broad SMARTS) is 2. The Morgan fingerprint density at radius 3 is 1.77 bits per heavy atom. The molecule has 0 aliphatic heterocycles. The van der Waals surface area contributed by atoms with Crippen molar-refractivity contribution in [1.82, 2.24) is 0 Å². The summed E-state index contributed by atoms with van der Waals surface area (Å²) in [6.45, 7) is 17.9. The molecule has 0 aromatic rings. The standard InChI is InChI=1S/C48H76O8/c1-31(2)32-14-23-48(30-55-39(53)28-46(26-37(49)50)17-8-9-18-46)25-24-44(6)33(41(32)48)12-13-35-43(5)21-16-36(42(3,4)34(43)15-22-45(35,44)7)56-40(54)29-47(27-38(51)52)19-10-11-20-47/h31-36,41H,8-30H2,1-7H3,(H,49,50)(H,51,52)/t32-,33+,34-,35+,36-,41+,43-,44+,45+,48+/m0/s1. The molecule has 7 saturated carbocycles. The third-order valence-corrected chi connectivity index (χ3v) is 19.7. The van der Waals surface area contributed by atoms with Gasteiger partial charge in [-0.15, -0.1) is 0 Å². The predicted molar refractivity (Wildman–Crippen MR) is 215 cm³/mol. The lowest BCUT2D eigenvalue weighted by atomic mass is 9.32. The first-order valence-electron chi connectivity index (χ1n) is 23.0. The summed E-state index contributed by atoms with van der Waals surface area (Å²) in [6.07, 6.45) is 18.8. The van der Waals surface area contributed by atoms with Gasteiger partial charge in [-0.25, -0.2) is 0 Å². The second-order valence-corrected chi connectivity index (χ2v) is 22.9. The second-order valence-electron chi connectivity index (χ2n) is 22.9. The maximum Gasteiger partial charge on any atom is 0.306 e. The van der Waals surface area contributed by atoms with Crippen LogP contribution < -0.4 is 0 Å². The molecule has 0 amide bonds. The Balaban J connectivity index is 1.07. The van der Waals surface area contributed by atoms with Gasteiger partial charge in [-0.2, -0.15) is 0 Å². The zero-order valence-electron chi connectivity index (χ0n) is 36.1. The molecule has 7 rings (SSSR count). The topological polar surface area (TPSA) is 127 Å². The van der Waals surface area contributed by atoms with Crippen molar-refractivity contribution in [2.24, 2.45) is 73.4 Å². The Morgan fingerprint density at radius 2 is 1.20 bits per heavy atom. The number of carboxylic acids is 2. The Labute approximate surface area is 337 Å². The van der Waals surface area contributed by atoms with Crippen LogP contribution in [0.1, 0.15) is 190 Å². The lowest BCUT2D eigenvalue weighted by Gasteiger charge is -2.73. The van der Waals surface area contributed by atoms with Crippen LogP contribution in [0.2, 0.25) is 0 Å². The Hall–Kier alpha value is -2.12. The first kappa shape index (κ1) is 42.0. The SMILES string of the molecule is CC(C)[C@@H]1CC[C@]2(COC(=O)CC3(CC(=O)O)CCCC3)CC[C@]3(C)[C@H](CC[C@@H]4[C@@]5(C)CC[C@H](OC(=O)CC6(CC(=O)O)CCCC6)C(C)(C)[C@@H]5CC[C@]43C)[C@@H]12. The highest BCUT2D eigenvalue weighted by Gasteiger charge is 2.71. The van der Waals surface area contributed by atoms with E-state index < -0.39 is 22.8 Å². The predicted octanol–water partition coefficient (Wildman–Crippen LogP) is 11.0. The molecule has 7 aliphatic carbocycles. The van der Waals surface area contributed by atoms with Crippen molar-refractivity contribution in [2.75, 3.05) is 6.61 Å². The summed E-state index contributed by atoms with van der Waals surface area (Å²) in [5, 5.41) is 19.3. The second kappa shape index (κ2) is 14.9. The molecule has 0 saturated heterocycles. The van der Waals surface area contributed by atoms with Gasteiger partial charge in [-0.3, -0.25) is 19.2 Å². The molecule has 7 aliphatic rings. The molecule has 2 N–H and O–H groups in total. The molecule has 0 bridgehead atoms. The van der Waals surface area contributed by atoms with Crippen molar-refractivity contribution >= 4 is 23.9 Å². The van der Waals surface area contributed by atoms with Gasteiger partial charge >= 0.3 is 23.9 Å². The molecule has 316 valence electrons. The van der Waals surface area contributed by atoms with Crippen molar-refractivity contribution in [2.45, 2.75) is 196 Å². The molecule has 8 nitrogen and oxygen atoms in total. The molecule has 8 heteroatoms. The van der Waals surface area contributed by atoms with Gasteiger partial charge in [-0.05, 0) is 152 Å². The molecule has 0 unspecified atom stereocenters. The highest BCUT2D eigenvalue weighted by Crippen LogP contribution is 2.77. The first-order chi connectivity index (χ1) is 26.2. The van der Waals surface area contributed by atoms with Crippen molar-refractivity contribution in [3.8, 4) is 0 Å². The van der Waals surface area contributed by atoms with Gasteiger partial charge in [0.05, 0.1) is 32.3 Å². The molecule has 0 aromatic heterocycles. The number of aliphatic carboxylic acids is 2. The van der Waals surface area contributed by atoms with Gasteiger partial charge in [0.1, 0.15) is 6.10 Å². The van der Waals surface area contributed by atoms with Gasteiger partial charge in [0.25, 0.3) is 0 Å². The average Bonchev–Trinajstić information content (AvgIpc) is 3.84. The number of carbonyl (C=O) groups is 4. The van der Waals surface area contributed by atoms with Crippen LogP contribution in [-0.2, 0) is 28.7 Å². The minimum Gasteiger partial charge on any atom is -0.481 e. The molecular weight excluding hydrogens is 705 g/mol. The third kappa shape index (κ3) is 6.96. The van der Waals surface area contributed by atoms with Gasteiger partial charge < -0.3 is 19.7 Å². The molecule has 7 fully saturated rings. The van der Waals surface area contributed by atoms with Crippen molar-refractivity contribution in [3.63, 3.8) is 0 Å². The van der Waals surface area contributed by atoms with Crippen molar-refractivity contribution < 1.29 is 38.9 Å². The van der Waals surface area contributed by atoms with E-state index in [0.717, 1.165) is 89.9 Å². The fraction of sp³-hybridized carbons (Fsp3) is 0.917. The van der Waals surface area contributed by atoms with E-state index in [4.69, 9.17) is 9.47 Å². The summed E-state index contributed by atoms with van der Waals surface area (Å²) < 4.78 is 12.8. The molecular formula is C48H76O8. The quantitative estimate of drug-likeness (QED) is 0.187. The Morgan fingerprint density at radius 1 is 0.607 bits per heavy atom. The molecule has 0 radical (unpaired) electrons. The van der Waals surface area contributed by atoms with E-state index in [1.807, 2.05) is 0 Å². The van der Waals surface area contributed by atoms with Crippen LogP contribution in [0.3, 0.4) is 0 Å². The van der Waals surface area contributed by atoms with E-state index in [0.29, 0.717) is 42.1 Å². The summed E-state index contributed by atoms with van der Waals surface area (Å²) in [6, 6.07) is 0. The van der Waals surface area contributed by atoms with Crippen LogP contribution in [0.25, 0.3) is 0 Å². The zero-order valence-corrected chi connectivity index (χ0v) is 36.1. The largest absolute Gasteiger partial charge is 0.481 e. The smallest absolute Gasteiger partial charge is 0.306 e. The van der Waals surface area contributed by atoms with Crippen molar-refractivity contribution in [3.05, 3.63) is 0 Å². The summed E-state index contributed by atoms with van der Waals surface area (Å²) in [5.41, 5.74) is -0.554. The fourth-order valence-electron chi connectivity index (χ4n) is 16.8. The summed E-state index contributed by atoms with van der Waals surface area (Å²) in [5.74, 6) is 1.31. The van der Waals surface area contributed by atoms with E-state index in [-0.39, 0.29) is 70.8 Å². The molecule has 10 atom stereocenters. The van der Waals surface area contributed by atoms with Crippen molar-refractivity contribution in [1.29, 1.82) is 0 Å². The van der Waals surface area contributed by atoms with Gasteiger partial charge in [-0.1, -0.05) is 74.1 Å². The number of rotatable bonds is 12. The van der Waals surface area contributed by atoms with E-state index in [1.54, 1.807) is 0 Å². The average molecular weight is 781 g/mol. The van der Waals surface area contributed by atoms with E-state index >= 15 is 0 Å². The number of fused-ring (bicyclic) bond motifs is 7. The van der Waals surface area contributed by atoms with Gasteiger partial charge in [0, 0.05) is 10.8 Å². The molecule has 0 aromatic carbocycles. The van der Waals surface area contributed by atoms with E-state index in [9.17, 15) is 29.4 Å². The monoisotopic (exact) mass is 781 g/mol. The number of esters is 2. The van der Waals surface area contributed by atoms with Crippen LogP contribution in [0.15, 0.2) is 0 Å². The number of ether oxygens (including phenoxy) is 2. The highest BCUT2D eigenvalue weighted by atomic mass is 16.5. The minimum atomic E-state index is -0.816. The fourth-order valence-corrected chi connectivity index (χ4v) is 16.8. The van der Waals surface area contributed by atoms with Gasteiger partial charge in [0.15, 0.2) is 0 Å². The van der Waals surface area contributed by atoms with Crippen LogP contribution in [0.4, 0.5) is 0 Å². The first-order valence-corrected chi connectivity index (χ1v) is 23.0. The summed E-state index contributed by atoms with van der Waals surface area (Å²) >= 11 is 0. The zero-order chi connectivity index (χ0) is 40.5. The Bertz CT molecular complexity index is 1520. The number of hydrogen-bond acceptors (Lipinski definition) is 6. The van der Waals surface area contributed by atoms with Gasteiger partial charge in [0.2, 0.25) is 0 Å². The number of hydrogen-bond donors (Lipinski definition) is 2. The lowest BCUT2D eigenvalue weighted by Crippen LogP contribution is -2.67. The maximum atomic E-state index is 13.6. The minimum absolute atomic E-state index is 0.000180.